The van der Waals surface area contributed by atoms with Crippen LogP contribution in [0, 0.1) is 0 Å². The largest absolute Gasteiger partial charge is 0.444 e. The minimum Gasteiger partial charge on any atom is -0.444 e. The van der Waals surface area contributed by atoms with Gasteiger partial charge in [0.05, 0.1) is 0 Å². The van der Waals surface area contributed by atoms with Crippen molar-refractivity contribution in [1.29, 1.82) is 0 Å². The number of hydrogen-bond donors (Lipinski definition) is 0. The van der Waals surface area contributed by atoms with E-state index < -0.39 is 5.60 Å². The Morgan fingerprint density at radius 3 is 2.70 bits per heavy atom. The van der Waals surface area contributed by atoms with E-state index in [9.17, 15) is 9.59 Å². The first-order valence-corrected chi connectivity index (χ1v) is 6.93. The summed E-state index contributed by atoms with van der Waals surface area (Å²) in [5.74, 6) is 0.212. The molecule has 0 radical (unpaired) electrons. The van der Waals surface area contributed by atoms with E-state index >= 15 is 0 Å². The lowest BCUT2D eigenvalue weighted by Crippen LogP contribution is -2.35. The quantitative estimate of drug-likeness (QED) is 0.778. The van der Waals surface area contributed by atoms with Gasteiger partial charge in [-0.1, -0.05) is 24.3 Å². The molecule has 0 aromatic heterocycles. The molecule has 2 rings (SSSR count). The van der Waals surface area contributed by atoms with Crippen molar-refractivity contribution in [3.05, 3.63) is 35.4 Å². The fraction of sp³-hybridized carbons (Fsp3) is 0.500. The summed E-state index contributed by atoms with van der Waals surface area (Å²) in [6.07, 6.45) is 1.47. The van der Waals surface area contributed by atoms with E-state index in [4.69, 9.17) is 4.74 Å². The summed E-state index contributed by atoms with van der Waals surface area (Å²) >= 11 is 0. The van der Waals surface area contributed by atoms with Gasteiger partial charge in [-0.05, 0) is 32.8 Å². The summed E-state index contributed by atoms with van der Waals surface area (Å²) in [4.78, 5) is 24.8. The number of rotatable bonds is 2. The van der Waals surface area contributed by atoms with Crippen LogP contribution in [0.15, 0.2) is 24.3 Å². The Bertz CT molecular complexity index is 505. The molecule has 1 unspecified atom stereocenters. The lowest BCUT2D eigenvalue weighted by atomic mass is 9.94. The topological polar surface area (TPSA) is 46.6 Å². The number of ether oxygens (including phenoxy) is 1. The van der Waals surface area contributed by atoms with Gasteiger partial charge in [0, 0.05) is 24.6 Å². The molecule has 0 spiro atoms. The van der Waals surface area contributed by atoms with Crippen LogP contribution in [0.3, 0.4) is 0 Å². The van der Waals surface area contributed by atoms with Crippen LogP contribution in [0.4, 0.5) is 4.79 Å². The van der Waals surface area contributed by atoms with E-state index in [1.165, 1.54) is 0 Å². The molecule has 4 heteroatoms. The lowest BCUT2D eigenvalue weighted by Gasteiger charge is -2.24. The van der Waals surface area contributed by atoms with Crippen LogP contribution in [-0.4, -0.2) is 36.0 Å². The van der Waals surface area contributed by atoms with Crippen LogP contribution in [0.1, 0.15) is 49.0 Å². The van der Waals surface area contributed by atoms with E-state index in [0.717, 1.165) is 18.3 Å². The van der Waals surface area contributed by atoms with Crippen LogP contribution < -0.4 is 0 Å². The smallest absolute Gasteiger partial charge is 0.410 e. The summed E-state index contributed by atoms with van der Waals surface area (Å²) in [6.45, 7) is 6.87. The van der Waals surface area contributed by atoms with Gasteiger partial charge in [0.2, 0.25) is 0 Å². The molecule has 108 valence electrons. The zero-order chi connectivity index (χ0) is 14.8. The Morgan fingerprint density at radius 2 is 2.05 bits per heavy atom. The average molecular weight is 275 g/mol. The highest BCUT2D eigenvalue weighted by molar-refractivity contribution is 5.77. The van der Waals surface area contributed by atoms with Crippen LogP contribution in [0.2, 0.25) is 0 Å². The number of nitrogens with zero attached hydrogens (tertiary/aromatic N) is 1. The zero-order valence-electron chi connectivity index (χ0n) is 12.3. The Balaban J connectivity index is 2.05. The molecule has 1 aliphatic heterocycles. The maximum absolute atomic E-state index is 12.0. The number of amides is 1. The highest BCUT2D eigenvalue weighted by Crippen LogP contribution is 2.29. The van der Waals surface area contributed by atoms with Crippen molar-refractivity contribution in [2.45, 2.75) is 38.7 Å². The number of aldehydes is 1. The fourth-order valence-electron chi connectivity index (χ4n) is 2.50. The van der Waals surface area contributed by atoms with Gasteiger partial charge in [0.15, 0.2) is 0 Å². The third-order valence-electron chi connectivity index (χ3n) is 3.40. The molecule has 1 aromatic carbocycles. The molecule has 1 heterocycles. The summed E-state index contributed by atoms with van der Waals surface area (Å²) in [5, 5.41) is 0. The Morgan fingerprint density at radius 1 is 1.35 bits per heavy atom. The maximum Gasteiger partial charge on any atom is 0.410 e. The van der Waals surface area contributed by atoms with Crippen LogP contribution >= 0.6 is 0 Å². The minimum atomic E-state index is -0.476. The second kappa shape index (κ2) is 5.65. The summed E-state index contributed by atoms with van der Waals surface area (Å²) in [6, 6.07) is 7.57. The summed E-state index contributed by atoms with van der Waals surface area (Å²) in [5.41, 5.74) is 1.26. The first-order valence-electron chi connectivity index (χ1n) is 6.93. The number of carbonyl (C=O) groups is 2. The van der Waals surface area contributed by atoms with Gasteiger partial charge >= 0.3 is 6.09 Å². The zero-order valence-corrected chi connectivity index (χ0v) is 12.3. The third kappa shape index (κ3) is 3.38. The molecule has 1 aromatic rings. The van der Waals surface area contributed by atoms with Gasteiger partial charge in [-0.3, -0.25) is 4.79 Å². The van der Waals surface area contributed by atoms with E-state index in [0.29, 0.717) is 18.7 Å². The monoisotopic (exact) mass is 275 g/mol. The normalized spacial score (nSPS) is 18.9. The van der Waals surface area contributed by atoms with Crippen LogP contribution in [0.5, 0.6) is 0 Å². The van der Waals surface area contributed by atoms with Crippen molar-refractivity contribution in [2.24, 2.45) is 0 Å². The Labute approximate surface area is 119 Å². The molecule has 1 aliphatic rings. The molecule has 1 atom stereocenters. The van der Waals surface area contributed by atoms with Gasteiger partial charge in [-0.15, -0.1) is 0 Å². The molecule has 0 bridgehead atoms. The number of benzene rings is 1. The predicted octanol–water partition coefficient (Wildman–Crippen LogP) is 3.22. The molecule has 4 nitrogen and oxygen atoms in total. The average Bonchev–Trinajstić information content (AvgIpc) is 2.86. The van der Waals surface area contributed by atoms with E-state index in [1.54, 1.807) is 4.90 Å². The standard InChI is InChI=1S/C16H21NO3/c1-16(2,3)20-15(19)17-9-8-12(10-17)14-7-5-4-6-13(14)11-18/h4-7,11-12H,8-10H2,1-3H3. The highest BCUT2D eigenvalue weighted by Gasteiger charge is 2.31. The molecule has 20 heavy (non-hydrogen) atoms. The van der Waals surface area contributed by atoms with Crippen molar-refractivity contribution in [2.75, 3.05) is 13.1 Å². The maximum atomic E-state index is 12.0. The van der Waals surface area contributed by atoms with Crippen molar-refractivity contribution < 1.29 is 14.3 Å². The Kier molecular flexibility index (Phi) is 4.12. The molecular weight excluding hydrogens is 254 g/mol. The second-order valence-corrected chi connectivity index (χ2v) is 6.16. The van der Waals surface area contributed by atoms with E-state index in [1.807, 2.05) is 45.0 Å². The molecule has 1 saturated heterocycles. The van der Waals surface area contributed by atoms with Gasteiger partial charge in [0.25, 0.3) is 0 Å². The first-order chi connectivity index (χ1) is 9.40. The molecule has 1 amide bonds. The molecule has 0 saturated carbocycles. The van der Waals surface area contributed by atoms with Gasteiger partial charge in [-0.2, -0.15) is 0 Å². The SMILES string of the molecule is CC(C)(C)OC(=O)N1CCC(c2ccccc2C=O)C1. The Hall–Kier alpha value is -1.84. The number of hydrogen-bond acceptors (Lipinski definition) is 3. The molecule has 0 aliphatic carbocycles. The van der Waals surface area contributed by atoms with Gasteiger partial charge in [0.1, 0.15) is 11.9 Å². The fourth-order valence-corrected chi connectivity index (χ4v) is 2.50. The second-order valence-electron chi connectivity index (χ2n) is 6.16. The molecular formula is C16H21NO3. The minimum absolute atomic E-state index is 0.212. The van der Waals surface area contributed by atoms with Crippen molar-refractivity contribution in [3.8, 4) is 0 Å². The molecule has 1 fully saturated rings. The van der Waals surface area contributed by atoms with Crippen molar-refractivity contribution in [1.82, 2.24) is 4.90 Å². The summed E-state index contributed by atoms with van der Waals surface area (Å²) < 4.78 is 5.38. The van der Waals surface area contributed by atoms with Gasteiger partial charge < -0.3 is 9.64 Å². The van der Waals surface area contributed by atoms with E-state index in [-0.39, 0.29) is 12.0 Å². The molecule has 0 N–H and O–H groups in total. The third-order valence-corrected chi connectivity index (χ3v) is 3.40. The summed E-state index contributed by atoms with van der Waals surface area (Å²) in [7, 11) is 0. The number of carbonyl (C=O) groups excluding carboxylic acids is 2. The number of likely N-dealkylation sites (tertiary alicyclic amines) is 1. The highest BCUT2D eigenvalue weighted by atomic mass is 16.6. The lowest BCUT2D eigenvalue weighted by molar-refractivity contribution is 0.0292. The van der Waals surface area contributed by atoms with Crippen LogP contribution in [-0.2, 0) is 4.74 Å². The van der Waals surface area contributed by atoms with Crippen molar-refractivity contribution in [3.63, 3.8) is 0 Å². The van der Waals surface area contributed by atoms with Crippen LogP contribution in [0.25, 0.3) is 0 Å². The first kappa shape index (κ1) is 14.6. The van der Waals surface area contributed by atoms with Gasteiger partial charge in [-0.25, -0.2) is 4.79 Å². The predicted molar refractivity (Wildman–Crippen MR) is 77.0 cm³/mol. The van der Waals surface area contributed by atoms with E-state index in [2.05, 4.69) is 0 Å². The van der Waals surface area contributed by atoms with Crippen molar-refractivity contribution >= 4 is 12.4 Å².